The van der Waals surface area contributed by atoms with E-state index in [1.165, 1.54) is 14.0 Å². The van der Waals surface area contributed by atoms with E-state index in [9.17, 15) is 23.7 Å². The molecule has 2 aliphatic heterocycles. The fourth-order valence-electron chi connectivity index (χ4n) is 5.91. The fourth-order valence-corrected chi connectivity index (χ4v) is 7.43. The van der Waals surface area contributed by atoms with Crippen LogP contribution in [0, 0.1) is 0 Å². The fraction of sp³-hybridized carbons (Fsp3) is 0.611. The van der Waals surface area contributed by atoms with Gasteiger partial charge in [0.2, 0.25) is 5.91 Å². The van der Waals surface area contributed by atoms with Crippen molar-refractivity contribution in [1.29, 1.82) is 0 Å². The van der Waals surface area contributed by atoms with Crippen LogP contribution in [0.5, 0.6) is 11.5 Å². The molecule has 2 fully saturated rings. The van der Waals surface area contributed by atoms with E-state index in [1.54, 1.807) is 79.5 Å². The van der Waals surface area contributed by atoms with E-state index in [-0.39, 0.29) is 31.0 Å². The highest BCUT2D eigenvalue weighted by Crippen LogP contribution is 2.54. The number of rotatable bonds is 18. The normalized spacial score (nSPS) is 27.1. The van der Waals surface area contributed by atoms with Gasteiger partial charge in [-0.25, -0.2) is 8.96 Å². The number of amides is 1. The zero-order valence-electron chi connectivity index (χ0n) is 31.9. The number of hydrogen-bond donors (Lipinski definition) is 4. The number of nitrogens with one attached hydrogen (secondary N) is 1. The summed E-state index contributed by atoms with van der Waals surface area (Å²) in [6.07, 6.45) is -4.07. The summed E-state index contributed by atoms with van der Waals surface area (Å²) in [6, 6.07) is 13.1. The van der Waals surface area contributed by atoms with Crippen LogP contribution in [0.4, 0.5) is 4.39 Å². The van der Waals surface area contributed by atoms with Crippen LogP contribution in [0.3, 0.4) is 0 Å². The number of hydrogen-bond acceptors (Lipinski definition) is 13. The maximum Gasteiger partial charge on any atom is 0.393 e. The number of halogens is 1. The van der Waals surface area contributed by atoms with Gasteiger partial charge in [-0.2, -0.15) is 0 Å². The monoisotopic (exact) mass is 778 g/mol. The Morgan fingerprint density at radius 2 is 1.61 bits per heavy atom. The number of nitrogens with two attached hydrogens (primary N) is 1. The largest absolute Gasteiger partial charge is 0.497 e. The van der Waals surface area contributed by atoms with E-state index in [4.69, 9.17) is 43.6 Å². The Morgan fingerprint density at radius 3 is 2.17 bits per heavy atom. The molecule has 2 aromatic carbocycles. The lowest BCUT2D eigenvalue weighted by atomic mass is 9.71. The summed E-state index contributed by atoms with van der Waals surface area (Å²) in [5.74, 6) is -0.0540. The average Bonchev–Trinajstić information content (AvgIpc) is 3.64. The zero-order valence-corrected chi connectivity index (χ0v) is 32.8. The Kier molecular flexibility index (Phi) is 18.4. The summed E-state index contributed by atoms with van der Waals surface area (Å²) >= 11 is 0. The molecule has 4 unspecified atom stereocenters. The summed E-state index contributed by atoms with van der Waals surface area (Å²) in [5.41, 5.74) is 5.73. The van der Waals surface area contributed by atoms with Crippen LogP contribution in [-0.4, -0.2) is 131 Å². The summed E-state index contributed by atoms with van der Waals surface area (Å²) < 4.78 is 65.9. The highest BCUT2D eigenvalue weighted by atomic mass is 31.2. The second-order valence-electron chi connectivity index (χ2n) is 13.2. The number of aliphatic hydroxyl groups is 2. The lowest BCUT2D eigenvalue weighted by Crippen LogP contribution is -2.53. The lowest BCUT2D eigenvalue weighted by molar-refractivity contribution is -0.147. The maximum absolute atomic E-state index is 14.4. The van der Waals surface area contributed by atoms with Gasteiger partial charge in [-0.3, -0.25) is 14.1 Å². The van der Waals surface area contributed by atoms with E-state index < -0.39 is 73.9 Å². The predicted molar refractivity (Wildman–Crippen MR) is 202 cm³/mol. The molecule has 0 aromatic heterocycles. The van der Waals surface area contributed by atoms with Crippen LogP contribution in [-0.2, 0) is 44.0 Å². The molecule has 18 heteroatoms. The number of methoxy groups -OCH3 is 2. The predicted octanol–water partition coefficient (Wildman–Crippen LogP) is 2.72. The molecule has 11 atom stereocenters. The van der Waals surface area contributed by atoms with Gasteiger partial charge in [-0.15, -0.1) is 0 Å². The van der Waals surface area contributed by atoms with E-state index in [1.807, 2.05) is 24.3 Å². The summed E-state index contributed by atoms with van der Waals surface area (Å²) in [6.45, 7) is 7.90. The number of esters is 1. The molecule has 2 aliphatic rings. The molecule has 4 rings (SSSR count). The van der Waals surface area contributed by atoms with Crippen LogP contribution < -0.4 is 20.3 Å². The Morgan fingerprint density at radius 1 is 0.981 bits per heavy atom. The van der Waals surface area contributed by atoms with Crippen LogP contribution in [0.1, 0.15) is 32.8 Å². The van der Waals surface area contributed by atoms with E-state index in [2.05, 4.69) is 5.32 Å². The SMILES string of the molecule is C[B][C@@H]1O[C@H](CCO)C(NC(=O)C(N)Cc2ccc(OC)cc2)[C@@H]1O.C[B][C@@H]1O[C@H](COP(=O)(Oc2ccccc2)[C@@H](C)C(=O)OC(C)C)C(OC)[C@@H]1F. The zero-order chi connectivity index (χ0) is 40.0. The quantitative estimate of drug-likeness (QED) is 0.0982. The Labute approximate surface area is 318 Å². The molecular weight excluding hydrogens is 724 g/mol. The highest BCUT2D eigenvalue weighted by molar-refractivity contribution is 7.56. The minimum Gasteiger partial charge on any atom is -0.497 e. The third kappa shape index (κ3) is 12.5. The number of carbonyl (C=O) groups excluding carboxylic acids is 2. The van der Waals surface area contributed by atoms with Crippen molar-refractivity contribution in [2.24, 2.45) is 5.73 Å². The highest BCUT2D eigenvalue weighted by Gasteiger charge is 2.48. The molecule has 0 aliphatic carbocycles. The summed E-state index contributed by atoms with van der Waals surface area (Å²) in [7, 11) is 2.25. The number of benzene rings is 2. The molecule has 2 radical (unpaired) electrons. The van der Waals surface area contributed by atoms with Gasteiger partial charge >= 0.3 is 13.6 Å². The Balaban J connectivity index is 0.000000294. The van der Waals surface area contributed by atoms with Crippen molar-refractivity contribution in [2.75, 3.05) is 27.4 Å². The second kappa shape index (κ2) is 21.9. The first-order chi connectivity index (χ1) is 25.7. The first kappa shape index (κ1) is 45.4. The minimum atomic E-state index is -4.02. The maximum atomic E-state index is 14.4. The first-order valence-corrected chi connectivity index (χ1v) is 19.6. The minimum absolute atomic E-state index is 0.0852. The number of para-hydroxylation sites is 1. The van der Waals surface area contributed by atoms with Crippen molar-refractivity contribution in [3.05, 3.63) is 60.2 Å². The van der Waals surface area contributed by atoms with Crippen LogP contribution in [0.15, 0.2) is 54.6 Å². The Hall–Kier alpha value is -3.01. The molecule has 1 amide bonds. The van der Waals surface area contributed by atoms with Gasteiger partial charge in [0.25, 0.3) is 0 Å². The molecule has 2 aromatic rings. The Bertz CT molecular complexity index is 1480. The first-order valence-electron chi connectivity index (χ1n) is 18.0. The number of aliphatic hydroxyl groups excluding tert-OH is 2. The van der Waals surface area contributed by atoms with Crippen molar-refractivity contribution in [2.45, 2.75) is 114 Å². The molecule has 2 saturated heterocycles. The molecule has 5 N–H and O–H groups in total. The third-order valence-electron chi connectivity index (χ3n) is 8.93. The molecule has 14 nitrogen and oxygen atoms in total. The van der Waals surface area contributed by atoms with E-state index in [0.717, 1.165) is 11.3 Å². The van der Waals surface area contributed by atoms with Gasteiger partial charge in [-0.1, -0.05) is 44.0 Å². The van der Waals surface area contributed by atoms with Gasteiger partial charge in [0.05, 0.1) is 56.1 Å². The molecule has 0 bridgehead atoms. The molecular formula is C36H54B2FN2O12P. The number of ether oxygens (including phenoxy) is 5. The van der Waals surface area contributed by atoms with Crippen LogP contribution in [0.2, 0.25) is 13.6 Å². The van der Waals surface area contributed by atoms with Crippen LogP contribution in [0.25, 0.3) is 0 Å². The van der Waals surface area contributed by atoms with Gasteiger partial charge in [0, 0.05) is 13.7 Å². The van der Waals surface area contributed by atoms with Gasteiger partial charge in [0.1, 0.15) is 44.4 Å². The number of carbonyl (C=O) groups is 2. The van der Waals surface area contributed by atoms with Crippen molar-refractivity contribution >= 4 is 34.0 Å². The average molecular weight is 778 g/mol. The molecule has 0 spiro atoms. The summed E-state index contributed by atoms with van der Waals surface area (Å²) in [5, 5.41) is 22.2. The van der Waals surface area contributed by atoms with Gasteiger partial charge in [0.15, 0.2) is 5.66 Å². The van der Waals surface area contributed by atoms with Gasteiger partial charge < -0.3 is 49.5 Å². The molecule has 2 heterocycles. The number of alkyl halides is 1. The van der Waals surface area contributed by atoms with Crippen molar-refractivity contribution < 1.29 is 61.5 Å². The topological polar surface area (TPSA) is 194 Å². The molecule has 54 heavy (non-hydrogen) atoms. The summed E-state index contributed by atoms with van der Waals surface area (Å²) in [4.78, 5) is 24.8. The lowest BCUT2D eigenvalue weighted by Gasteiger charge is -2.26. The van der Waals surface area contributed by atoms with E-state index >= 15 is 0 Å². The van der Waals surface area contributed by atoms with Crippen molar-refractivity contribution in [3.8, 4) is 11.5 Å². The van der Waals surface area contributed by atoms with Crippen LogP contribution >= 0.6 is 7.60 Å². The molecule has 0 saturated carbocycles. The third-order valence-corrected chi connectivity index (χ3v) is 11.1. The smallest absolute Gasteiger partial charge is 0.393 e. The molecule has 298 valence electrons. The van der Waals surface area contributed by atoms with Gasteiger partial charge in [-0.05, 0) is 63.4 Å². The second-order valence-corrected chi connectivity index (χ2v) is 15.5. The standard InChI is InChI=1S/C19H28BFO7P.C17H26BN2O5/c1-12(2)26-19(22)13(3)29(23,28-14-9-7-6-8-10-14)25-11-15-17(24-5)16(21)18(20-4)27-15;1-18-16-15(22)14(13(25-16)7-8-21)20-17(23)12(19)9-10-3-5-11(24-2)6-4-10/h6-10,12-13,15-18H,11H2,1-5H3;3-6,12-16,21-22H,7-9,19H2,1-2H3,(H,20,23)/t13-,15+,16-,17?,18+,29?;12?,13-,14?,15+,16-/m01/s1. The van der Waals surface area contributed by atoms with E-state index in [0.29, 0.717) is 12.8 Å². The van der Waals surface area contributed by atoms with Crippen molar-refractivity contribution in [3.63, 3.8) is 0 Å². The van der Waals surface area contributed by atoms with Crippen molar-refractivity contribution in [1.82, 2.24) is 5.32 Å².